The fraction of sp³-hybridized carbons (Fsp3) is 0.250. The predicted molar refractivity (Wildman–Crippen MR) is 104 cm³/mol. The standard InChI is InChI=1S/C20H19N3O4/c24-20-19(23(25)26)18(21-13-15-9-6-12-27-15)16-10-4-5-11-17(16)22(20)14-7-2-1-3-8-14/h1-5,7-8,10-11,15,21H,6,9,12-13H2/t15-/m0/s1. The molecular formula is C20H19N3O4. The van der Waals surface area contributed by atoms with E-state index in [0.29, 0.717) is 29.7 Å². The Kier molecular flexibility index (Phi) is 4.60. The van der Waals surface area contributed by atoms with E-state index in [-0.39, 0.29) is 11.8 Å². The number of nitrogens with zero attached hydrogens (tertiary/aromatic N) is 2. The average molecular weight is 365 g/mol. The molecule has 0 amide bonds. The van der Waals surface area contributed by atoms with Crippen molar-refractivity contribution in [2.24, 2.45) is 0 Å². The number of benzene rings is 2. The van der Waals surface area contributed by atoms with Crippen LogP contribution < -0.4 is 10.9 Å². The highest BCUT2D eigenvalue weighted by Crippen LogP contribution is 2.31. The van der Waals surface area contributed by atoms with Gasteiger partial charge in [0.05, 0.1) is 16.5 Å². The molecule has 3 aromatic rings. The summed E-state index contributed by atoms with van der Waals surface area (Å²) in [6.45, 7) is 1.13. The van der Waals surface area contributed by atoms with E-state index in [1.807, 2.05) is 18.2 Å². The molecule has 1 fully saturated rings. The number of ether oxygens (including phenoxy) is 1. The first-order valence-electron chi connectivity index (χ1n) is 8.90. The van der Waals surface area contributed by atoms with Gasteiger partial charge in [0.1, 0.15) is 5.69 Å². The Bertz CT molecular complexity index is 1040. The molecule has 4 rings (SSSR count). The summed E-state index contributed by atoms with van der Waals surface area (Å²) in [6, 6.07) is 16.2. The Morgan fingerprint density at radius 2 is 1.89 bits per heavy atom. The number of pyridine rings is 1. The van der Waals surface area contributed by atoms with Crippen molar-refractivity contribution < 1.29 is 9.66 Å². The van der Waals surface area contributed by atoms with Crippen molar-refractivity contribution >= 4 is 22.3 Å². The lowest BCUT2D eigenvalue weighted by Gasteiger charge is -2.17. The fourth-order valence-corrected chi connectivity index (χ4v) is 3.53. The molecule has 1 aliphatic heterocycles. The highest BCUT2D eigenvalue weighted by molar-refractivity contribution is 5.97. The van der Waals surface area contributed by atoms with Crippen molar-refractivity contribution in [2.75, 3.05) is 18.5 Å². The summed E-state index contributed by atoms with van der Waals surface area (Å²) in [6.07, 6.45) is 1.88. The van der Waals surface area contributed by atoms with Gasteiger partial charge in [-0.1, -0.05) is 36.4 Å². The Balaban J connectivity index is 1.93. The highest BCUT2D eigenvalue weighted by Gasteiger charge is 2.27. The van der Waals surface area contributed by atoms with Crippen LogP contribution in [0.5, 0.6) is 0 Å². The summed E-state index contributed by atoms with van der Waals surface area (Å²) < 4.78 is 6.99. The van der Waals surface area contributed by atoms with Crippen LogP contribution in [0.2, 0.25) is 0 Å². The molecule has 0 saturated carbocycles. The Morgan fingerprint density at radius 1 is 1.15 bits per heavy atom. The summed E-state index contributed by atoms with van der Waals surface area (Å²) in [4.78, 5) is 24.3. The molecule has 7 nitrogen and oxygen atoms in total. The molecule has 1 saturated heterocycles. The van der Waals surface area contributed by atoms with E-state index in [4.69, 9.17) is 4.74 Å². The molecule has 1 N–H and O–H groups in total. The number of nitro groups is 1. The number of aromatic nitrogens is 1. The number of para-hydroxylation sites is 2. The minimum atomic E-state index is -0.653. The zero-order valence-corrected chi connectivity index (χ0v) is 14.6. The van der Waals surface area contributed by atoms with Gasteiger partial charge in [-0.05, 0) is 31.0 Å². The lowest BCUT2D eigenvalue weighted by atomic mass is 10.1. The third-order valence-electron chi connectivity index (χ3n) is 4.78. The first-order chi connectivity index (χ1) is 13.2. The van der Waals surface area contributed by atoms with E-state index in [1.54, 1.807) is 36.4 Å². The van der Waals surface area contributed by atoms with Crippen LogP contribution in [0.3, 0.4) is 0 Å². The molecule has 0 unspecified atom stereocenters. The first-order valence-corrected chi connectivity index (χ1v) is 8.90. The molecule has 0 spiro atoms. The smallest absolute Gasteiger partial charge is 0.357 e. The summed E-state index contributed by atoms with van der Waals surface area (Å²) in [7, 11) is 0. The molecule has 138 valence electrons. The SMILES string of the molecule is O=c1c([N+](=O)[O-])c(NC[C@@H]2CCCO2)c2ccccc2n1-c1ccccc1. The number of hydrogen-bond acceptors (Lipinski definition) is 5. The van der Waals surface area contributed by atoms with Crippen LogP contribution in [0.15, 0.2) is 59.4 Å². The van der Waals surface area contributed by atoms with Crippen molar-refractivity contribution in [2.45, 2.75) is 18.9 Å². The van der Waals surface area contributed by atoms with E-state index >= 15 is 0 Å². The molecule has 1 aliphatic rings. The Labute approximate surface area is 155 Å². The van der Waals surface area contributed by atoms with Gasteiger partial charge in [0.25, 0.3) is 0 Å². The fourth-order valence-electron chi connectivity index (χ4n) is 3.53. The predicted octanol–water partition coefficient (Wildman–Crippen LogP) is 3.49. The summed E-state index contributed by atoms with van der Waals surface area (Å²) >= 11 is 0. The second-order valence-corrected chi connectivity index (χ2v) is 6.49. The van der Waals surface area contributed by atoms with Gasteiger partial charge in [-0.3, -0.25) is 19.5 Å². The highest BCUT2D eigenvalue weighted by atomic mass is 16.6. The Hall–Kier alpha value is -3.19. The third kappa shape index (κ3) is 3.17. The largest absolute Gasteiger partial charge is 0.376 e. The van der Waals surface area contributed by atoms with Crippen LogP contribution in [0.1, 0.15) is 12.8 Å². The van der Waals surface area contributed by atoms with Crippen LogP contribution in [-0.2, 0) is 4.74 Å². The first kappa shape index (κ1) is 17.2. The quantitative estimate of drug-likeness (QED) is 0.552. The molecule has 1 aromatic heterocycles. The number of hydrogen-bond donors (Lipinski definition) is 1. The lowest BCUT2D eigenvalue weighted by Crippen LogP contribution is -2.26. The van der Waals surface area contributed by atoms with Crippen LogP contribution in [-0.4, -0.2) is 28.7 Å². The van der Waals surface area contributed by atoms with Gasteiger partial charge in [-0.25, -0.2) is 0 Å². The molecule has 2 heterocycles. The molecule has 0 bridgehead atoms. The summed E-state index contributed by atoms with van der Waals surface area (Å²) in [5.41, 5.74) is 0.361. The van der Waals surface area contributed by atoms with Crippen molar-refractivity contribution in [3.63, 3.8) is 0 Å². The van der Waals surface area contributed by atoms with E-state index in [9.17, 15) is 14.9 Å². The molecule has 7 heteroatoms. The van der Waals surface area contributed by atoms with Crippen molar-refractivity contribution in [3.8, 4) is 5.69 Å². The monoisotopic (exact) mass is 365 g/mol. The maximum atomic E-state index is 13.1. The van der Waals surface area contributed by atoms with Gasteiger partial charge in [-0.15, -0.1) is 0 Å². The normalized spacial score (nSPS) is 16.5. The van der Waals surface area contributed by atoms with Gasteiger partial charge in [0.2, 0.25) is 0 Å². The molecule has 27 heavy (non-hydrogen) atoms. The third-order valence-corrected chi connectivity index (χ3v) is 4.78. The Morgan fingerprint density at radius 3 is 2.59 bits per heavy atom. The van der Waals surface area contributed by atoms with E-state index < -0.39 is 16.2 Å². The van der Waals surface area contributed by atoms with E-state index in [0.717, 1.165) is 12.8 Å². The second-order valence-electron chi connectivity index (χ2n) is 6.49. The average Bonchev–Trinajstić information content (AvgIpc) is 3.20. The van der Waals surface area contributed by atoms with Crippen LogP contribution in [0.25, 0.3) is 16.6 Å². The van der Waals surface area contributed by atoms with Crippen molar-refractivity contribution in [1.82, 2.24) is 4.57 Å². The van der Waals surface area contributed by atoms with Gasteiger partial charge >= 0.3 is 11.2 Å². The van der Waals surface area contributed by atoms with Crippen LogP contribution in [0, 0.1) is 10.1 Å². The summed E-state index contributed by atoms with van der Waals surface area (Å²) in [5.74, 6) is 0. The van der Waals surface area contributed by atoms with Gasteiger partial charge in [0.15, 0.2) is 0 Å². The number of anilines is 1. The maximum absolute atomic E-state index is 13.1. The van der Waals surface area contributed by atoms with Crippen molar-refractivity contribution in [3.05, 3.63) is 75.1 Å². The van der Waals surface area contributed by atoms with E-state index in [1.165, 1.54) is 4.57 Å². The van der Waals surface area contributed by atoms with Crippen LogP contribution >= 0.6 is 0 Å². The molecule has 2 aromatic carbocycles. The summed E-state index contributed by atoms with van der Waals surface area (Å²) in [5, 5.41) is 15.5. The number of rotatable bonds is 5. The van der Waals surface area contributed by atoms with Gasteiger partial charge in [0, 0.05) is 24.2 Å². The molecule has 0 radical (unpaired) electrons. The lowest BCUT2D eigenvalue weighted by molar-refractivity contribution is -0.385. The minimum Gasteiger partial charge on any atom is -0.376 e. The second kappa shape index (κ2) is 7.20. The minimum absolute atomic E-state index is 0.0000729. The van der Waals surface area contributed by atoms with Crippen molar-refractivity contribution in [1.29, 1.82) is 0 Å². The topological polar surface area (TPSA) is 86.4 Å². The zero-order valence-electron chi connectivity index (χ0n) is 14.6. The maximum Gasteiger partial charge on any atom is 0.357 e. The molecule has 1 atom stereocenters. The number of fused-ring (bicyclic) bond motifs is 1. The van der Waals surface area contributed by atoms with E-state index in [2.05, 4.69) is 5.32 Å². The zero-order chi connectivity index (χ0) is 18.8. The van der Waals surface area contributed by atoms with Crippen LogP contribution in [0.4, 0.5) is 11.4 Å². The number of nitrogens with one attached hydrogen (secondary N) is 1. The molecular weight excluding hydrogens is 346 g/mol. The molecule has 0 aliphatic carbocycles. The van der Waals surface area contributed by atoms with Gasteiger partial charge in [-0.2, -0.15) is 0 Å². The van der Waals surface area contributed by atoms with Gasteiger partial charge < -0.3 is 10.1 Å².